The Bertz CT molecular complexity index is 3740. The molecule has 0 fully saturated rings. The first kappa shape index (κ1) is 35.7. The Balaban J connectivity index is 1.12. The van der Waals surface area contributed by atoms with E-state index in [-0.39, 0.29) is 12.0 Å². The average molecular weight is 813 g/mol. The second-order valence-corrected chi connectivity index (χ2v) is 16.9. The first-order valence-electron chi connectivity index (χ1n) is 21.7. The van der Waals surface area contributed by atoms with Gasteiger partial charge in [-0.2, -0.15) is 0 Å². The molecule has 13 rings (SSSR count). The fraction of sp³-hybridized carbons (Fsp3) is 0.0690. The molecule has 1 aliphatic heterocycles. The van der Waals surface area contributed by atoms with Crippen LogP contribution in [-0.2, 0) is 0 Å². The zero-order valence-corrected chi connectivity index (χ0v) is 34.7. The topological polar surface area (TPSA) is 42.0 Å². The molecule has 0 spiro atoms. The third kappa shape index (κ3) is 5.42. The van der Waals surface area contributed by atoms with E-state index in [9.17, 15) is 0 Å². The SMILES string of the molecule is Cc1cccc(N(c2cccc3c2OC2C=CC=CC32)c2cc3c4cc(N(c5cccc(C)c5)c5cccc6c5oc5ccccc56)c5ccccc5c4oc3c3ccccc23)c1. The van der Waals surface area contributed by atoms with Crippen molar-refractivity contribution in [2.75, 3.05) is 9.80 Å². The first-order valence-corrected chi connectivity index (χ1v) is 21.7. The Morgan fingerprint density at radius 2 is 0.921 bits per heavy atom. The van der Waals surface area contributed by atoms with Gasteiger partial charge >= 0.3 is 0 Å². The van der Waals surface area contributed by atoms with Gasteiger partial charge in [0.1, 0.15) is 28.6 Å². The Morgan fingerprint density at radius 3 is 1.59 bits per heavy atom. The highest BCUT2D eigenvalue weighted by atomic mass is 16.5. The number of allylic oxidation sites excluding steroid dienone is 2. The minimum absolute atomic E-state index is 0.0454. The van der Waals surface area contributed by atoms with Gasteiger partial charge in [0.05, 0.1) is 22.7 Å². The normalized spacial score (nSPS) is 15.5. The molecule has 1 aliphatic carbocycles. The maximum absolute atomic E-state index is 7.16. The predicted octanol–water partition coefficient (Wildman–Crippen LogP) is 16.3. The standard InChI is InChI=1S/C58H40N2O3/c1-35-15-11-17-37(31-35)59(49-27-13-25-45-41-21-7-9-29-53(41)61-57(45)49)51-33-47-48-34-52(40-20-4-6-24-44(40)56(48)63-55(47)43-23-5-3-19-39(43)51)60(38-18-12-16-36(2)32-38)50-28-14-26-46-42-22-8-10-30-54(42)62-58(46)50/h3-34,41,53H,1-2H3. The van der Waals surface area contributed by atoms with Crippen molar-refractivity contribution in [2.45, 2.75) is 25.9 Å². The number of anilines is 6. The smallest absolute Gasteiger partial charge is 0.159 e. The summed E-state index contributed by atoms with van der Waals surface area (Å²) in [5.41, 5.74) is 13.1. The zero-order chi connectivity index (χ0) is 41.8. The summed E-state index contributed by atoms with van der Waals surface area (Å²) < 4.78 is 20.8. The largest absolute Gasteiger partial charge is 0.483 e. The van der Waals surface area contributed by atoms with Crippen LogP contribution < -0.4 is 14.5 Å². The van der Waals surface area contributed by atoms with E-state index in [0.717, 1.165) is 105 Å². The van der Waals surface area contributed by atoms with Crippen LogP contribution in [0.25, 0.3) is 65.4 Å². The molecule has 2 atom stereocenters. The third-order valence-corrected chi connectivity index (χ3v) is 13.0. The molecule has 2 unspecified atom stereocenters. The summed E-state index contributed by atoms with van der Waals surface area (Å²) in [6, 6.07) is 60.8. The molecule has 0 amide bonds. The number of ether oxygens (including phenoxy) is 1. The molecule has 0 saturated heterocycles. The van der Waals surface area contributed by atoms with Crippen molar-refractivity contribution in [3.63, 3.8) is 0 Å². The van der Waals surface area contributed by atoms with Crippen LogP contribution in [0, 0.1) is 13.8 Å². The molecular formula is C58H40N2O3. The van der Waals surface area contributed by atoms with Gasteiger partial charge in [-0.15, -0.1) is 0 Å². The van der Waals surface area contributed by atoms with E-state index in [1.807, 2.05) is 12.1 Å². The van der Waals surface area contributed by atoms with E-state index in [0.29, 0.717) is 0 Å². The molecule has 0 N–H and O–H groups in total. The fourth-order valence-corrected chi connectivity index (χ4v) is 10.2. The lowest BCUT2D eigenvalue weighted by molar-refractivity contribution is 0.269. The predicted molar refractivity (Wildman–Crippen MR) is 260 cm³/mol. The summed E-state index contributed by atoms with van der Waals surface area (Å²) in [7, 11) is 0. The Hall–Kier alpha value is -8.02. The number of rotatable bonds is 6. The number of benzene rings is 9. The van der Waals surface area contributed by atoms with Crippen LogP contribution in [0.15, 0.2) is 203 Å². The van der Waals surface area contributed by atoms with E-state index < -0.39 is 0 Å². The lowest BCUT2D eigenvalue weighted by Crippen LogP contribution is -2.16. The maximum atomic E-state index is 7.16. The highest BCUT2D eigenvalue weighted by Crippen LogP contribution is 2.53. The molecule has 0 radical (unpaired) electrons. The van der Waals surface area contributed by atoms with Gasteiger partial charge < -0.3 is 23.4 Å². The summed E-state index contributed by atoms with van der Waals surface area (Å²) in [6.45, 7) is 4.30. The van der Waals surface area contributed by atoms with Gasteiger partial charge in [0, 0.05) is 65.9 Å². The molecule has 2 aliphatic rings. The molecule has 9 aromatic carbocycles. The summed E-state index contributed by atoms with van der Waals surface area (Å²) in [5, 5.41) is 8.47. The second-order valence-electron chi connectivity index (χ2n) is 16.9. The van der Waals surface area contributed by atoms with Crippen LogP contribution in [0.3, 0.4) is 0 Å². The summed E-state index contributed by atoms with van der Waals surface area (Å²) in [5.74, 6) is 1.07. The quantitative estimate of drug-likeness (QED) is 0.167. The van der Waals surface area contributed by atoms with Crippen LogP contribution in [0.1, 0.15) is 22.6 Å². The van der Waals surface area contributed by atoms with Gasteiger partial charge in [-0.25, -0.2) is 0 Å². The Morgan fingerprint density at radius 1 is 0.397 bits per heavy atom. The van der Waals surface area contributed by atoms with Crippen LogP contribution in [0.4, 0.5) is 34.1 Å². The van der Waals surface area contributed by atoms with E-state index in [2.05, 4.69) is 206 Å². The van der Waals surface area contributed by atoms with E-state index in [4.69, 9.17) is 13.6 Å². The number of furan rings is 2. The highest BCUT2D eigenvalue weighted by Gasteiger charge is 2.36. The van der Waals surface area contributed by atoms with Crippen molar-refractivity contribution in [3.05, 3.63) is 211 Å². The maximum Gasteiger partial charge on any atom is 0.159 e. The number of fused-ring (bicyclic) bond motifs is 13. The van der Waals surface area contributed by atoms with Crippen LogP contribution in [-0.4, -0.2) is 6.10 Å². The van der Waals surface area contributed by atoms with E-state index >= 15 is 0 Å². The van der Waals surface area contributed by atoms with Crippen molar-refractivity contribution in [3.8, 4) is 5.75 Å². The monoisotopic (exact) mass is 812 g/mol. The van der Waals surface area contributed by atoms with Gasteiger partial charge in [-0.3, -0.25) is 0 Å². The lowest BCUT2D eigenvalue weighted by Gasteiger charge is -2.29. The Kier molecular flexibility index (Phi) is 7.79. The van der Waals surface area contributed by atoms with Crippen molar-refractivity contribution in [1.82, 2.24) is 0 Å². The molecule has 5 heteroatoms. The number of nitrogens with zero attached hydrogens (tertiary/aromatic N) is 2. The van der Waals surface area contributed by atoms with E-state index in [1.165, 1.54) is 16.7 Å². The van der Waals surface area contributed by atoms with Gasteiger partial charge in [0.2, 0.25) is 0 Å². The minimum atomic E-state index is -0.0454. The van der Waals surface area contributed by atoms with Crippen molar-refractivity contribution in [2.24, 2.45) is 0 Å². The number of aryl methyl sites for hydroxylation is 2. The highest BCUT2D eigenvalue weighted by molar-refractivity contribution is 6.26. The number of hydrogen-bond acceptors (Lipinski definition) is 5. The first-order chi connectivity index (χ1) is 31.1. The van der Waals surface area contributed by atoms with Crippen LogP contribution in [0.2, 0.25) is 0 Å². The molecule has 0 bridgehead atoms. The number of hydrogen-bond donors (Lipinski definition) is 0. The second kappa shape index (κ2) is 13.7. The fourth-order valence-electron chi connectivity index (χ4n) is 10.2. The summed E-state index contributed by atoms with van der Waals surface area (Å²) in [4.78, 5) is 4.76. The number of para-hydroxylation sites is 3. The molecule has 3 heterocycles. The molecule has 11 aromatic rings. The minimum Gasteiger partial charge on any atom is -0.483 e. The molecular weight excluding hydrogens is 773 g/mol. The average Bonchev–Trinajstić information content (AvgIpc) is 4.02. The molecule has 5 nitrogen and oxygen atoms in total. The van der Waals surface area contributed by atoms with Gasteiger partial charge in [0.15, 0.2) is 5.58 Å². The van der Waals surface area contributed by atoms with Gasteiger partial charge in [0.25, 0.3) is 0 Å². The van der Waals surface area contributed by atoms with Gasteiger partial charge in [-0.1, -0.05) is 133 Å². The molecule has 63 heavy (non-hydrogen) atoms. The summed E-state index contributed by atoms with van der Waals surface area (Å²) >= 11 is 0. The molecule has 0 saturated carbocycles. The summed E-state index contributed by atoms with van der Waals surface area (Å²) in [6.07, 6.45) is 8.60. The van der Waals surface area contributed by atoms with Crippen molar-refractivity contribution in [1.29, 1.82) is 0 Å². The van der Waals surface area contributed by atoms with Crippen molar-refractivity contribution >= 4 is 99.5 Å². The van der Waals surface area contributed by atoms with E-state index in [1.54, 1.807) is 0 Å². The zero-order valence-electron chi connectivity index (χ0n) is 34.7. The molecule has 2 aromatic heterocycles. The van der Waals surface area contributed by atoms with Crippen molar-refractivity contribution < 1.29 is 13.6 Å². The lowest BCUT2D eigenvalue weighted by atomic mass is 9.91. The molecule has 300 valence electrons. The third-order valence-electron chi connectivity index (χ3n) is 13.0. The van der Waals surface area contributed by atoms with Gasteiger partial charge in [-0.05, 0) is 85.6 Å². The van der Waals surface area contributed by atoms with Crippen LogP contribution >= 0.6 is 0 Å². The Labute approximate surface area is 364 Å². The van der Waals surface area contributed by atoms with Crippen LogP contribution in [0.5, 0.6) is 5.75 Å².